The van der Waals surface area contributed by atoms with Gasteiger partial charge in [-0.25, -0.2) is 9.97 Å². The van der Waals surface area contributed by atoms with E-state index in [0.29, 0.717) is 12.3 Å². The number of fused-ring (bicyclic) bond motifs is 1. The predicted molar refractivity (Wildman–Crippen MR) is 60.2 cm³/mol. The van der Waals surface area contributed by atoms with Gasteiger partial charge in [-0.05, 0) is 31.4 Å². The molecule has 3 rings (SSSR count). The SMILES string of the molecule is CC(=O)Cc1ccnc2nc(C3CC3)[nH]c12. The Morgan fingerprint density at radius 3 is 3.06 bits per heavy atom. The molecule has 1 saturated carbocycles. The van der Waals surface area contributed by atoms with Gasteiger partial charge in [0, 0.05) is 18.5 Å². The van der Waals surface area contributed by atoms with Gasteiger partial charge in [0.1, 0.15) is 11.6 Å². The molecule has 0 radical (unpaired) electrons. The number of rotatable bonds is 3. The van der Waals surface area contributed by atoms with Crippen molar-refractivity contribution in [2.24, 2.45) is 0 Å². The Morgan fingerprint density at radius 1 is 1.56 bits per heavy atom. The maximum absolute atomic E-state index is 11.2. The van der Waals surface area contributed by atoms with Crippen LogP contribution in [0.3, 0.4) is 0 Å². The quantitative estimate of drug-likeness (QED) is 0.851. The predicted octanol–water partition coefficient (Wildman–Crippen LogP) is 1.97. The molecule has 0 aliphatic heterocycles. The molecule has 0 saturated heterocycles. The first-order valence-corrected chi connectivity index (χ1v) is 5.57. The van der Waals surface area contributed by atoms with Crippen molar-refractivity contribution in [1.29, 1.82) is 0 Å². The summed E-state index contributed by atoms with van der Waals surface area (Å²) >= 11 is 0. The number of aromatic nitrogens is 3. The van der Waals surface area contributed by atoms with E-state index in [1.807, 2.05) is 6.07 Å². The van der Waals surface area contributed by atoms with Gasteiger partial charge in [-0.15, -0.1) is 0 Å². The van der Waals surface area contributed by atoms with Crippen molar-refractivity contribution in [2.75, 3.05) is 0 Å². The van der Waals surface area contributed by atoms with Crippen molar-refractivity contribution in [2.45, 2.75) is 32.1 Å². The second-order valence-electron chi connectivity index (χ2n) is 4.44. The van der Waals surface area contributed by atoms with Gasteiger partial charge in [-0.2, -0.15) is 0 Å². The van der Waals surface area contributed by atoms with E-state index in [0.717, 1.165) is 22.6 Å². The first-order valence-electron chi connectivity index (χ1n) is 5.57. The summed E-state index contributed by atoms with van der Waals surface area (Å²) in [4.78, 5) is 23.2. The van der Waals surface area contributed by atoms with Gasteiger partial charge in [-0.3, -0.25) is 4.79 Å². The number of carbonyl (C=O) groups is 1. The zero-order valence-corrected chi connectivity index (χ0v) is 9.16. The molecular formula is C12H13N3O. The third-order valence-electron chi connectivity index (χ3n) is 2.90. The van der Waals surface area contributed by atoms with Crippen LogP contribution in [-0.2, 0) is 11.2 Å². The topological polar surface area (TPSA) is 58.6 Å². The number of carbonyl (C=O) groups excluding carboxylic acids is 1. The molecule has 1 fully saturated rings. The Morgan fingerprint density at radius 2 is 2.38 bits per heavy atom. The highest BCUT2D eigenvalue weighted by atomic mass is 16.1. The Labute approximate surface area is 93.1 Å². The van der Waals surface area contributed by atoms with E-state index in [-0.39, 0.29) is 5.78 Å². The molecular weight excluding hydrogens is 202 g/mol. The number of hydrogen-bond donors (Lipinski definition) is 1. The lowest BCUT2D eigenvalue weighted by molar-refractivity contribution is -0.116. The normalized spacial score (nSPS) is 15.6. The third-order valence-corrected chi connectivity index (χ3v) is 2.90. The Kier molecular flexibility index (Phi) is 2.02. The molecule has 0 bridgehead atoms. The number of ketones is 1. The molecule has 0 unspecified atom stereocenters. The summed E-state index contributed by atoms with van der Waals surface area (Å²) < 4.78 is 0. The minimum atomic E-state index is 0.162. The van der Waals surface area contributed by atoms with E-state index in [4.69, 9.17) is 0 Å². The molecule has 2 aromatic heterocycles. The summed E-state index contributed by atoms with van der Waals surface area (Å²) in [5, 5.41) is 0. The number of nitrogens with one attached hydrogen (secondary N) is 1. The minimum Gasteiger partial charge on any atom is -0.340 e. The van der Waals surface area contributed by atoms with E-state index in [9.17, 15) is 4.79 Å². The molecule has 2 heterocycles. The number of pyridine rings is 1. The second kappa shape index (κ2) is 3.40. The van der Waals surface area contributed by atoms with Crippen LogP contribution in [0.4, 0.5) is 0 Å². The molecule has 0 aromatic carbocycles. The first-order chi connectivity index (χ1) is 7.74. The van der Waals surface area contributed by atoms with Crippen LogP contribution >= 0.6 is 0 Å². The molecule has 4 nitrogen and oxygen atoms in total. The van der Waals surface area contributed by atoms with Crippen LogP contribution in [-0.4, -0.2) is 20.7 Å². The van der Waals surface area contributed by atoms with E-state index in [1.54, 1.807) is 13.1 Å². The van der Waals surface area contributed by atoms with E-state index in [2.05, 4.69) is 15.0 Å². The molecule has 1 aliphatic carbocycles. The zero-order valence-electron chi connectivity index (χ0n) is 9.16. The van der Waals surface area contributed by atoms with Gasteiger partial charge in [0.2, 0.25) is 0 Å². The lowest BCUT2D eigenvalue weighted by Gasteiger charge is -1.97. The number of hydrogen-bond acceptors (Lipinski definition) is 3. The first kappa shape index (κ1) is 9.51. The fourth-order valence-electron chi connectivity index (χ4n) is 1.95. The molecule has 0 atom stereocenters. The van der Waals surface area contributed by atoms with Crippen molar-refractivity contribution in [3.05, 3.63) is 23.7 Å². The second-order valence-corrected chi connectivity index (χ2v) is 4.44. The van der Waals surface area contributed by atoms with Crippen molar-refractivity contribution >= 4 is 16.9 Å². The molecule has 0 amide bonds. The lowest BCUT2D eigenvalue weighted by Crippen LogP contribution is -1.97. The standard InChI is InChI=1S/C12H13N3O/c1-7(16)6-9-4-5-13-12-10(9)14-11(15-12)8-2-3-8/h4-5,8H,2-3,6H2,1H3,(H,13,14,15). The largest absolute Gasteiger partial charge is 0.340 e. The van der Waals surface area contributed by atoms with Crippen molar-refractivity contribution in [1.82, 2.24) is 15.0 Å². The van der Waals surface area contributed by atoms with Crippen LogP contribution < -0.4 is 0 Å². The Hall–Kier alpha value is -1.71. The van der Waals surface area contributed by atoms with Crippen LogP contribution in [0.25, 0.3) is 11.2 Å². The zero-order chi connectivity index (χ0) is 11.1. The molecule has 1 aliphatic rings. The fourth-order valence-corrected chi connectivity index (χ4v) is 1.95. The number of aromatic amines is 1. The summed E-state index contributed by atoms with van der Waals surface area (Å²) in [6, 6.07) is 1.89. The number of nitrogens with zero attached hydrogens (tertiary/aromatic N) is 2. The minimum absolute atomic E-state index is 0.162. The molecule has 4 heteroatoms. The number of imidazole rings is 1. The summed E-state index contributed by atoms with van der Waals surface area (Å²) in [6.45, 7) is 1.60. The highest BCUT2D eigenvalue weighted by Gasteiger charge is 2.27. The number of H-pyrrole nitrogens is 1. The van der Waals surface area contributed by atoms with Gasteiger partial charge < -0.3 is 4.98 Å². The molecule has 16 heavy (non-hydrogen) atoms. The Balaban J connectivity index is 2.09. The summed E-state index contributed by atoms with van der Waals surface area (Å²) in [7, 11) is 0. The average Bonchev–Trinajstić information content (AvgIpc) is 2.98. The third kappa shape index (κ3) is 1.60. The average molecular weight is 215 g/mol. The van der Waals surface area contributed by atoms with Crippen LogP contribution in [0.5, 0.6) is 0 Å². The molecule has 0 spiro atoms. The van der Waals surface area contributed by atoms with Gasteiger partial charge in [0.15, 0.2) is 5.65 Å². The monoisotopic (exact) mass is 215 g/mol. The van der Waals surface area contributed by atoms with Gasteiger partial charge in [-0.1, -0.05) is 0 Å². The van der Waals surface area contributed by atoms with Gasteiger partial charge in [0.05, 0.1) is 5.52 Å². The summed E-state index contributed by atoms with van der Waals surface area (Å²) in [5.41, 5.74) is 2.66. The molecule has 82 valence electrons. The number of Topliss-reactive ketones (excluding diaryl/α,β-unsaturated/α-hetero) is 1. The van der Waals surface area contributed by atoms with Gasteiger partial charge >= 0.3 is 0 Å². The van der Waals surface area contributed by atoms with Crippen LogP contribution in [0, 0.1) is 0 Å². The van der Waals surface area contributed by atoms with Gasteiger partial charge in [0.25, 0.3) is 0 Å². The molecule has 1 N–H and O–H groups in total. The van der Waals surface area contributed by atoms with Crippen molar-refractivity contribution in [3.8, 4) is 0 Å². The van der Waals surface area contributed by atoms with E-state index >= 15 is 0 Å². The maximum atomic E-state index is 11.2. The van der Waals surface area contributed by atoms with Crippen LogP contribution in [0.2, 0.25) is 0 Å². The fraction of sp³-hybridized carbons (Fsp3) is 0.417. The van der Waals surface area contributed by atoms with E-state index < -0.39 is 0 Å². The summed E-state index contributed by atoms with van der Waals surface area (Å²) in [5.74, 6) is 1.77. The maximum Gasteiger partial charge on any atom is 0.177 e. The van der Waals surface area contributed by atoms with Crippen molar-refractivity contribution < 1.29 is 4.79 Å². The lowest BCUT2D eigenvalue weighted by atomic mass is 10.1. The van der Waals surface area contributed by atoms with Crippen molar-refractivity contribution in [3.63, 3.8) is 0 Å². The van der Waals surface area contributed by atoms with Crippen LogP contribution in [0.15, 0.2) is 12.3 Å². The highest BCUT2D eigenvalue weighted by Crippen LogP contribution is 2.39. The van der Waals surface area contributed by atoms with E-state index in [1.165, 1.54) is 12.8 Å². The Bertz CT molecular complexity index is 554. The van der Waals surface area contributed by atoms with Crippen LogP contribution in [0.1, 0.15) is 37.1 Å². The smallest absolute Gasteiger partial charge is 0.177 e. The highest BCUT2D eigenvalue weighted by molar-refractivity contribution is 5.84. The summed E-state index contributed by atoms with van der Waals surface area (Å²) in [6.07, 6.45) is 4.59. The molecule has 2 aromatic rings.